The highest BCUT2D eigenvalue weighted by molar-refractivity contribution is 7.88. The highest BCUT2D eigenvalue weighted by Crippen LogP contribution is 2.28. The Kier molecular flexibility index (Phi) is 2.33. The Morgan fingerprint density at radius 3 is 2.29 bits per heavy atom. The Morgan fingerprint density at radius 2 is 1.79 bits per heavy atom. The van der Waals surface area contributed by atoms with Gasteiger partial charge in [0.05, 0.1) is 6.26 Å². The first-order valence-corrected chi connectivity index (χ1v) is 6.42. The van der Waals surface area contributed by atoms with Crippen LogP contribution in [0.2, 0.25) is 0 Å². The molecule has 1 saturated heterocycles. The van der Waals surface area contributed by atoms with Crippen molar-refractivity contribution in [2.24, 2.45) is 0 Å². The van der Waals surface area contributed by atoms with Gasteiger partial charge in [-0.05, 0) is 5.56 Å². The molecule has 0 spiro atoms. The molecule has 1 aliphatic heterocycles. The molecule has 3 nitrogen and oxygen atoms in total. The third-order valence-electron chi connectivity index (χ3n) is 2.59. The molecular weight excluding hydrogens is 198 g/mol. The van der Waals surface area contributed by atoms with Crippen molar-refractivity contribution in [2.45, 2.75) is 5.92 Å². The van der Waals surface area contributed by atoms with Crippen molar-refractivity contribution in [3.8, 4) is 0 Å². The molecule has 76 valence electrons. The highest BCUT2D eigenvalue weighted by Gasteiger charge is 2.33. The summed E-state index contributed by atoms with van der Waals surface area (Å²) in [6.07, 6.45) is 1.26. The molecule has 0 radical (unpaired) electrons. The molecule has 0 bridgehead atoms. The summed E-state index contributed by atoms with van der Waals surface area (Å²) in [5.41, 5.74) is 1.23. The van der Waals surface area contributed by atoms with Crippen molar-refractivity contribution in [1.29, 1.82) is 0 Å². The summed E-state index contributed by atoms with van der Waals surface area (Å²) in [6.45, 7) is 1.26. The van der Waals surface area contributed by atoms with Crippen molar-refractivity contribution in [1.82, 2.24) is 4.31 Å². The standard InChI is InChI=1S/C10H13NO2S/c1-14(12,13)11-7-10(8-11)9-5-3-2-4-6-9/h2-6,10H,7-8H2,1H3. The van der Waals surface area contributed by atoms with Gasteiger partial charge in [0, 0.05) is 19.0 Å². The Labute approximate surface area is 84.4 Å². The zero-order chi connectivity index (χ0) is 10.2. The van der Waals surface area contributed by atoms with Crippen LogP contribution in [-0.4, -0.2) is 32.1 Å². The van der Waals surface area contributed by atoms with Crippen LogP contribution in [0.1, 0.15) is 11.5 Å². The molecule has 0 atom stereocenters. The molecule has 1 aromatic carbocycles. The predicted octanol–water partition coefficient (Wildman–Crippen LogP) is 1.05. The second-order valence-electron chi connectivity index (χ2n) is 3.69. The molecule has 1 aliphatic rings. The van der Waals surface area contributed by atoms with Gasteiger partial charge in [0.2, 0.25) is 10.0 Å². The lowest BCUT2D eigenvalue weighted by molar-refractivity contribution is 0.266. The van der Waals surface area contributed by atoms with Gasteiger partial charge in [0.25, 0.3) is 0 Å². The van der Waals surface area contributed by atoms with E-state index >= 15 is 0 Å². The molecule has 0 amide bonds. The molecule has 1 heterocycles. The Balaban J connectivity index is 2.03. The van der Waals surface area contributed by atoms with Gasteiger partial charge in [0.1, 0.15) is 0 Å². The van der Waals surface area contributed by atoms with E-state index in [-0.39, 0.29) is 0 Å². The van der Waals surface area contributed by atoms with Gasteiger partial charge in [-0.25, -0.2) is 12.7 Å². The molecule has 1 aromatic rings. The second kappa shape index (κ2) is 3.37. The minimum absolute atomic E-state index is 0.380. The molecule has 0 saturated carbocycles. The van der Waals surface area contributed by atoms with Crippen LogP contribution >= 0.6 is 0 Å². The van der Waals surface area contributed by atoms with Gasteiger partial charge in [-0.3, -0.25) is 0 Å². The minimum atomic E-state index is -2.97. The van der Waals surface area contributed by atoms with Crippen molar-refractivity contribution in [3.05, 3.63) is 35.9 Å². The van der Waals surface area contributed by atoms with Gasteiger partial charge >= 0.3 is 0 Å². The molecule has 0 aliphatic carbocycles. The van der Waals surface area contributed by atoms with E-state index in [0.29, 0.717) is 19.0 Å². The zero-order valence-corrected chi connectivity index (χ0v) is 8.87. The summed E-state index contributed by atoms with van der Waals surface area (Å²) in [7, 11) is -2.97. The lowest BCUT2D eigenvalue weighted by Gasteiger charge is -2.37. The number of sulfonamides is 1. The topological polar surface area (TPSA) is 37.4 Å². The van der Waals surface area contributed by atoms with Crippen LogP contribution in [0.5, 0.6) is 0 Å². The first-order chi connectivity index (χ1) is 6.57. The van der Waals surface area contributed by atoms with Crippen LogP contribution < -0.4 is 0 Å². The number of hydrogen-bond acceptors (Lipinski definition) is 2. The number of benzene rings is 1. The van der Waals surface area contributed by atoms with E-state index in [1.165, 1.54) is 16.1 Å². The number of nitrogens with zero attached hydrogens (tertiary/aromatic N) is 1. The SMILES string of the molecule is CS(=O)(=O)N1CC(c2ccccc2)C1. The van der Waals surface area contributed by atoms with Crippen LogP contribution in [0.4, 0.5) is 0 Å². The maximum absolute atomic E-state index is 11.1. The Hall–Kier alpha value is -0.870. The molecule has 2 rings (SSSR count). The highest BCUT2D eigenvalue weighted by atomic mass is 32.2. The summed E-state index contributed by atoms with van der Waals surface area (Å²) in [5, 5.41) is 0. The summed E-state index contributed by atoms with van der Waals surface area (Å²) in [4.78, 5) is 0. The molecule has 0 aromatic heterocycles. The quantitative estimate of drug-likeness (QED) is 0.733. The van der Waals surface area contributed by atoms with Crippen molar-refractivity contribution in [2.75, 3.05) is 19.3 Å². The van der Waals surface area contributed by atoms with Gasteiger partial charge in [-0.2, -0.15) is 0 Å². The van der Waals surface area contributed by atoms with E-state index in [9.17, 15) is 8.42 Å². The molecule has 4 heteroatoms. The Bertz CT molecular complexity index is 407. The van der Waals surface area contributed by atoms with Gasteiger partial charge in [-0.1, -0.05) is 30.3 Å². The van der Waals surface area contributed by atoms with E-state index in [2.05, 4.69) is 0 Å². The lowest BCUT2D eigenvalue weighted by atomic mass is 9.94. The van der Waals surface area contributed by atoms with Crippen LogP contribution in [0.25, 0.3) is 0 Å². The van der Waals surface area contributed by atoms with E-state index < -0.39 is 10.0 Å². The second-order valence-corrected chi connectivity index (χ2v) is 5.67. The first-order valence-electron chi connectivity index (χ1n) is 4.57. The summed E-state index contributed by atoms with van der Waals surface area (Å²) in [6, 6.07) is 10.0. The molecule has 14 heavy (non-hydrogen) atoms. The summed E-state index contributed by atoms with van der Waals surface area (Å²) < 4.78 is 23.7. The first kappa shape index (κ1) is 9.68. The number of hydrogen-bond donors (Lipinski definition) is 0. The fourth-order valence-corrected chi connectivity index (χ4v) is 2.55. The van der Waals surface area contributed by atoms with E-state index in [1.807, 2.05) is 30.3 Å². The molecular formula is C10H13NO2S. The van der Waals surface area contributed by atoms with Crippen LogP contribution in [0.15, 0.2) is 30.3 Å². The predicted molar refractivity (Wildman–Crippen MR) is 55.6 cm³/mol. The fraction of sp³-hybridized carbons (Fsp3) is 0.400. The molecule has 0 unspecified atom stereocenters. The monoisotopic (exact) mass is 211 g/mol. The minimum Gasteiger partial charge on any atom is -0.213 e. The average Bonchev–Trinajstić information content (AvgIpc) is 2.00. The average molecular weight is 211 g/mol. The third kappa shape index (κ3) is 1.81. The van der Waals surface area contributed by atoms with Crippen molar-refractivity contribution >= 4 is 10.0 Å². The van der Waals surface area contributed by atoms with Crippen LogP contribution in [-0.2, 0) is 10.0 Å². The summed E-state index contributed by atoms with van der Waals surface area (Å²) in [5.74, 6) is 0.380. The summed E-state index contributed by atoms with van der Waals surface area (Å²) >= 11 is 0. The van der Waals surface area contributed by atoms with Gasteiger partial charge < -0.3 is 0 Å². The number of rotatable bonds is 2. The molecule has 0 N–H and O–H groups in total. The maximum atomic E-state index is 11.1. The Morgan fingerprint density at radius 1 is 1.21 bits per heavy atom. The van der Waals surface area contributed by atoms with Gasteiger partial charge in [-0.15, -0.1) is 0 Å². The lowest BCUT2D eigenvalue weighted by Crippen LogP contribution is -2.47. The van der Waals surface area contributed by atoms with Crippen LogP contribution in [0, 0.1) is 0 Å². The van der Waals surface area contributed by atoms with Gasteiger partial charge in [0.15, 0.2) is 0 Å². The largest absolute Gasteiger partial charge is 0.213 e. The van der Waals surface area contributed by atoms with E-state index in [1.54, 1.807) is 0 Å². The third-order valence-corrected chi connectivity index (χ3v) is 3.82. The van der Waals surface area contributed by atoms with Crippen molar-refractivity contribution < 1.29 is 8.42 Å². The molecule has 1 fully saturated rings. The fourth-order valence-electron chi connectivity index (χ4n) is 1.64. The zero-order valence-electron chi connectivity index (χ0n) is 8.05. The smallest absolute Gasteiger partial charge is 0.211 e. The van der Waals surface area contributed by atoms with E-state index in [0.717, 1.165) is 0 Å². The maximum Gasteiger partial charge on any atom is 0.211 e. The normalized spacial score (nSPS) is 19.2. The van der Waals surface area contributed by atoms with Crippen LogP contribution in [0.3, 0.4) is 0 Å². The van der Waals surface area contributed by atoms with E-state index in [4.69, 9.17) is 0 Å². The van der Waals surface area contributed by atoms with Crippen molar-refractivity contribution in [3.63, 3.8) is 0 Å².